The Balaban J connectivity index is 1.87. The third-order valence-electron chi connectivity index (χ3n) is 5.66. The van der Waals surface area contributed by atoms with Gasteiger partial charge in [0.15, 0.2) is 24.1 Å². The average molecular weight is 562 g/mol. The molecule has 1 N–H and O–H groups in total. The fourth-order valence-corrected chi connectivity index (χ4v) is 4.09. The number of nitrogens with zero attached hydrogens (tertiary/aromatic N) is 4. The number of carbonyl (C=O) groups is 5. The van der Waals surface area contributed by atoms with E-state index < -0.39 is 61.1 Å². The zero-order chi connectivity index (χ0) is 29.4. The van der Waals surface area contributed by atoms with Crippen molar-refractivity contribution in [2.24, 2.45) is 0 Å². The third kappa shape index (κ3) is 8.30. The zero-order valence-corrected chi connectivity index (χ0v) is 22.6. The maximum Gasteiger partial charge on any atom is 0.303 e. The summed E-state index contributed by atoms with van der Waals surface area (Å²) in [6, 6.07) is 9.07. The number of tetrazole rings is 1. The van der Waals surface area contributed by atoms with Gasteiger partial charge in [0.2, 0.25) is 12.1 Å². The molecule has 2 heterocycles. The number of hydrogen-bond acceptors (Lipinski definition) is 13. The summed E-state index contributed by atoms with van der Waals surface area (Å²) in [7, 11) is 0. The first-order valence-electron chi connectivity index (χ1n) is 12.4. The normalized spacial score (nSPS) is 22.9. The van der Waals surface area contributed by atoms with Gasteiger partial charge in [-0.15, -0.1) is 15.0 Å². The van der Waals surface area contributed by atoms with E-state index in [2.05, 4.69) is 20.7 Å². The molecule has 0 saturated carbocycles. The molecule has 40 heavy (non-hydrogen) atoms. The van der Waals surface area contributed by atoms with Gasteiger partial charge >= 0.3 is 23.9 Å². The molecule has 0 bridgehead atoms. The summed E-state index contributed by atoms with van der Waals surface area (Å²) in [5, 5.41) is 14.9. The Labute approximate surface area is 229 Å². The van der Waals surface area contributed by atoms with Crippen LogP contribution in [0.2, 0.25) is 0 Å². The van der Waals surface area contributed by atoms with Gasteiger partial charge in [-0.1, -0.05) is 30.3 Å². The van der Waals surface area contributed by atoms with Crippen molar-refractivity contribution in [2.45, 2.75) is 77.7 Å². The summed E-state index contributed by atoms with van der Waals surface area (Å²) < 4.78 is 27.2. The van der Waals surface area contributed by atoms with Gasteiger partial charge in [0.05, 0.1) is 12.5 Å². The summed E-state index contributed by atoms with van der Waals surface area (Å²) >= 11 is 0. The van der Waals surface area contributed by atoms with Crippen molar-refractivity contribution < 1.29 is 47.7 Å². The number of benzene rings is 1. The Morgan fingerprint density at radius 2 is 1.50 bits per heavy atom. The van der Waals surface area contributed by atoms with Crippen LogP contribution < -0.4 is 5.32 Å². The molecule has 15 nitrogen and oxygen atoms in total. The smallest absolute Gasteiger partial charge is 0.303 e. The van der Waals surface area contributed by atoms with Crippen LogP contribution in [0.15, 0.2) is 30.3 Å². The van der Waals surface area contributed by atoms with Crippen LogP contribution in [0.1, 0.15) is 58.3 Å². The van der Waals surface area contributed by atoms with E-state index in [0.29, 0.717) is 0 Å². The third-order valence-corrected chi connectivity index (χ3v) is 5.66. The molecular formula is C25H31N5O10. The van der Waals surface area contributed by atoms with Gasteiger partial charge in [-0.25, -0.2) is 0 Å². The molecule has 216 valence electrons. The first-order chi connectivity index (χ1) is 18.9. The first-order valence-corrected chi connectivity index (χ1v) is 12.4. The Morgan fingerprint density at radius 1 is 0.900 bits per heavy atom. The average Bonchev–Trinajstić information content (AvgIpc) is 3.32. The molecule has 1 aromatic heterocycles. The second-order valence-corrected chi connectivity index (χ2v) is 8.99. The van der Waals surface area contributed by atoms with E-state index in [0.717, 1.165) is 31.1 Å². The van der Waals surface area contributed by atoms with Gasteiger partial charge in [-0.05, 0) is 17.7 Å². The molecule has 1 saturated heterocycles. The number of hydrogen-bond donors (Lipinski definition) is 1. The zero-order valence-electron chi connectivity index (χ0n) is 22.6. The van der Waals surface area contributed by atoms with Crippen LogP contribution in [0.3, 0.4) is 0 Å². The Kier molecular flexibility index (Phi) is 10.2. The lowest BCUT2D eigenvalue weighted by Crippen LogP contribution is -2.60. The molecule has 1 fully saturated rings. The number of esters is 4. The highest BCUT2D eigenvalue weighted by Crippen LogP contribution is 2.34. The molecule has 0 spiro atoms. The van der Waals surface area contributed by atoms with Crippen LogP contribution >= 0.6 is 0 Å². The highest BCUT2D eigenvalue weighted by Gasteiger charge is 2.53. The molecule has 1 amide bonds. The second kappa shape index (κ2) is 13.6. The van der Waals surface area contributed by atoms with E-state index in [1.54, 1.807) is 0 Å². The number of aromatic nitrogens is 4. The van der Waals surface area contributed by atoms with Crippen molar-refractivity contribution in [2.75, 3.05) is 6.61 Å². The predicted octanol–water partition coefficient (Wildman–Crippen LogP) is 0.349. The molecule has 0 radical (unpaired) electrons. The van der Waals surface area contributed by atoms with E-state index in [9.17, 15) is 24.0 Å². The SMILES string of the molecule is CC(=O)OCC1OC(n2nnc(CC(=O)NC(C)c3ccccc3)n2)C(OC(C)=O)C(OC(C)=O)C1OC(C)=O. The molecular weight excluding hydrogens is 530 g/mol. The molecule has 6 atom stereocenters. The van der Waals surface area contributed by atoms with E-state index in [1.807, 2.05) is 37.3 Å². The van der Waals surface area contributed by atoms with Crippen LogP contribution in [-0.4, -0.2) is 81.0 Å². The molecule has 0 aliphatic carbocycles. The van der Waals surface area contributed by atoms with Gasteiger partial charge in [-0.3, -0.25) is 24.0 Å². The number of ether oxygens (including phenoxy) is 5. The minimum absolute atomic E-state index is 0.0191. The van der Waals surface area contributed by atoms with Crippen molar-refractivity contribution in [3.63, 3.8) is 0 Å². The summed E-state index contributed by atoms with van der Waals surface area (Å²) in [5.74, 6) is -3.31. The van der Waals surface area contributed by atoms with Crippen molar-refractivity contribution >= 4 is 29.8 Å². The van der Waals surface area contributed by atoms with Gasteiger partial charge in [-0.2, -0.15) is 0 Å². The Morgan fingerprint density at radius 3 is 2.10 bits per heavy atom. The van der Waals surface area contributed by atoms with Gasteiger partial charge in [0.1, 0.15) is 12.7 Å². The van der Waals surface area contributed by atoms with Crippen LogP contribution in [0.5, 0.6) is 0 Å². The maximum absolute atomic E-state index is 12.6. The van der Waals surface area contributed by atoms with E-state index in [4.69, 9.17) is 23.7 Å². The minimum atomic E-state index is -1.41. The maximum atomic E-state index is 12.6. The highest BCUT2D eigenvalue weighted by molar-refractivity contribution is 5.78. The lowest BCUT2D eigenvalue weighted by molar-refractivity contribution is -0.272. The number of carbonyl (C=O) groups excluding carboxylic acids is 5. The quantitative estimate of drug-likeness (QED) is 0.309. The monoisotopic (exact) mass is 561 g/mol. The number of nitrogens with one attached hydrogen (secondary N) is 1. The molecule has 1 aromatic carbocycles. The van der Waals surface area contributed by atoms with E-state index in [-0.39, 0.29) is 24.2 Å². The van der Waals surface area contributed by atoms with Crippen molar-refractivity contribution in [1.29, 1.82) is 0 Å². The predicted molar refractivity (Wildman–Crippen MR) is 132 cm³/mol. The highest BCUT2D eigenvalue weighted by atomic mass is 16.7. The lowest BCUT2D eigenvalue weighted by atomic mass is 9.97. The molecule has 2 aromatic rings. The molecule has 1 aliphatic heterocycles. The molecule has 6 unspecified atom stereocenters. The number of amides is 1. The first kappa shape index (κ1) is 30.1. The van der Waals surface area contributed by atoms with Gasteiger partial charge < -0.3 is 29.0 Å². The molecule has 1 aliphatic rings. The van der Waals surface area contributed by atoms with Crippen LogP contribution in [0.4, 0.5) is 0 Å². The lowest BCUT2D eigenvalue weighted by Gasteiger charge is -2.43. The largest absolute Gasteiger partial charge is 0.463 e. The van der Waals surface area contributed by atoms with Crippen molar-refractivity contribution in [1.82, 2.24) is 25.5 Å². The van der Waals surface area contributed by atoms with E-state index >= 15 is 0 Å². The summed E-state index contributed by atoms with van der Waals surface area (Å²) in [4.78, 5) is 60.9. The summed E-state index contributed by atoms with van der Waals surface area (Å²) in [5.41, 5.74) is 0.907. The fraction of sp³-hybridized carbons (Fsp3) is 0.520. The van der Waals surface area contributed by atoms with Crippen LogP contribution in [0.25, 0.3) is 0 Å². The summed E-state index contributed by atoms with van der Waals surface area (Å²) in [6.07, 6.45) is -6.91. The standard InChI is InChI=1S/C25H31N5O10/c1-13(18-9-7-6-8-10-18)26-21(35)11-20-27-29-30(28-20)25-24(39-17(5)34)23(38-16(4)33)22(37-15(3)32)19(40-25)12-36-14(2)31/h6-10,13,19,22-25H,11-12H2,1-5H3,(H,26,35). The van der Waals surface area contributed by atoms with Gasteiger partial charge in [0, 0.05) is 27.7 Å². The Hall–Kier alpha value is -4.40. The van der Waals surface area contributed by atoms with Gasteiger partial charge in [0.25, 0.3) is 0 Å². The number of rotatable bonds is 10. The van der Waals surface area contributed by atoms with E-state index in [1.165, 1.54) is 6.92 Å². The van der Waals surface area contributed by atoms with Crippen molar-refractivity contribution in [3.8, 4) is 0 Å². The fourth-order valence-electron chi connectivity index (χ4n) is 4.09. The van der Waals surface area contributed by atoms with Crippen molar-refractivity contribution in [3.05, 3.63) is 41.7 Å². The summed E-state index contributed by atoms with van der Waals surface area (Å²) in [6.45, 7) is 5.94. The molecule has 15 heteroatoms. The Bertz CT molecular complexity index is 1220. The van der Waals surface area contributed by atoms with Crippen LogP contribution in [0, 0.1) is 0 Å². The second-order valence-electron chi connectivity index (χ2n) is 8.99. The molecule has 3 rings (SSSR count). The topological polar surface area (TPSA) is 187 Å². The van der Waals surface area contributed by atoms with Crippen LogP contribution in [-0.2, 0) is 54.1 Å². The minimum Gasteiger partial charge on any atom is -0.463 e.